The van der Waals surface area contributed by atoms with Gasteiger partial charge in [0.15, 0.2) is 11.5 Å². The van der Waals surface area contributed by atoms with Crippen LogP contribution in [0.15, 0.2) is 12.1 Å². The van der Waals surface area contributed by atoms with Gasteiger partial charge in [-0.25, -0.2) is 0 Å². The van der Waals surface area contributed by atoms with Gasteiger partial charge in [0.25, 0.3) is 5.91 Å². The van der Waals surface area contributed by atoms with Crippen LogP contribution in [0.1, 0.15) is 24.2 Å². The van der Waals surface area contributed by atoms with Crippen LogP contribution in [0.3, 0.4) is 0 Å². The minimum atomic E-state index is -0.588. The molecule has 1 aliphatic rings. The molecule has 0 aromatic heterocycles. The molecule has 0 aliphatic carbocycles. The molecule has 1 aliphatic heterocycles. The second-order valence-corrected chi connectivity index (χ2v) is 6.31. The first-order chi connectivity index (χ1) is 11.7. The molecular weight excluding hydrogens is 350 g/mol. The number of phenols is 2. The lowest BCUT2D eigenvalue weighted by Gasteiger charge is -2.36. The van der Waals surface area contributed by atoms with Crippen LogP contribution in [0, 0.1) is 0 Å². The first kappa shape index (κ1) is 18.9. The molecule has 0 radical (unpaired) electrons. The van der Waals surface area contributed by atoms with Crippen LogP contribution in [-0.4, -0.2) is 70.0 Å². The third-order valence-corrected chi connectivity index (χ3v) is 4.35. The number of carbonyl (C=O) groups is 3. The summed E-state index contributed by atoms with van der Waals surface area (Å²) in [5.74, 6) is -2.68. The number of halogens is 1. The molecule has 1 aromatic carbocycles. The van der Waals surface area contributed by atoms with Crippen molar-refractivity contribution in [2.24, 2.45) is 0 Å². The minimum absolute atomic E-state index is 0.00370. The van der Waals surface area contributed by atoms with Gasteiger partial charge in [0.05, 0.1) is 10.6 Å². The van der Waals surface area contributed by atoms with Crippen molar-refractivity contribution in [3.8, 4) is 11.5 Å². The van der Waals surface area contributed by atoms with Crippen LogP contribution in [0.5, 0.6) is 11.5 Å². The highest BCUT2D eigenvalue weighted by Gasteiger charge is 2.33. The molecule has 3 amide bonds. The Morgan fingerprint density at radius 2 is 1.92 bits per heavy atom. The summed E-state index contributed by atoms with van der Waals surface area (Å²) in [5, 5.41) is 21.2. The third-order valence-electron chi connectivity index (χ3n) is 3.97. The SMILES string of the molecule is CC(C)N1CCN(CCNC(=O)c2ccc(O)c(O)c2Cl)C(=O)C1=O. The summed E-state index contributed by atoms with van der Waals surface area (Å²) >= 11 is 5.82. The molecule has 1 aromatic rings. The standard InChI is InChI=1S/C16H20ClN3O5/c1-9(2)20-8-7-19(15(24)16(20)25)6-5-18-14(23)10-3-4-11(21)13(22)12(10)17/h3-4,9,21-22H,5-8H2,1-2H3,(H,18,23). The van der Waals surface area contributed by atoms with Crippen molar-refractivity contribution in [1.82, 2.24) is 15.1 Å². The van der Waals surface area contributed by atoms with Gasteiger partial charge in [-0.3, -0.25) is 14.4 Å². The van der Waals surface area contributed by atoms with E-state index in [2.05, 4.69) is 5.32 Å². The number of aromatic hydroxyl groups is 2. The number of nitrogens with zero attached hydrogens (tertiary/aromatic N) is 2. The van der Waals surface area contributed by atoms with E-state index in [1.54, 1.807) is 0 Å². The lowest BCUT2D eigenvalue weighted by atomic mass is 10.2. The van der Waals surface area contributed by atoms with Crippen LogP contribution >= 0.6 is 11.6 Å². The molecule has 0 atom stereocenters. The number of phenolic OH excluding ortho intramolecular Hbond substituents is 2. The maximum Gasteiger partial charge on any atom is 0.312 e. The molecule has 1 saturated heterocycles. The maximum absolute atomic E-state index is 12.1. The Bertz CT molecular complexity index is 707. The number of piperazine rings is 1. The zero-order valence-electron chi connectivity index (χ0n) is 14.0. The summed E-state index contributed by atoms with van der Waals surface area (Å²) in [7, 11) is 0. The number of hydrogen-bond acceptors (Lipinski definition) is 5. The Balaban J connectivity index is 1.91. The van der Waals surface area contributed by atoms with E-state index in [4.69, 9.17) is 11.6 Å². The van der Waals surface area contributed by atoms with Crippen molar-refractivity contribution < 1.29 is 24.6 Å². The van der Waals surface area contributed by atoms with Gasteiger partial charge in [-0.15, -0.1) is 0 Å². The smallest absolute Gasteiger partial charge is 0.312 e. The number of benzene rings is 1. The largest absolute Gasteiger partial charge is 0.504 e. The van der Waals surface area contributed by atoms with Crippen molar-refractivity contribution in [3.05, 3.63) is 22.7 Å². The lowest BCUT2D eigenvalue weighted by Crippen LogP contribution is -2.57. The molecule has 8 nitrogen and oxygen atoms in total. The van der Waals surface area contributed by atoms with E-state index in [1.807, 2.05) is 13.8 Å². The zero-order valence-corrected chi connectivity index (χ0v) is 14.7. The summed E-state index contributed by atoms with van der Waals surface area (Å²) in [6.07, 6.45) is 0. The molecule has 1 heterocycles. The molecule has 0 saturated carbocycles. The van der Waals surface area contributed by atoms with Gasteiger partial charge < -0.3 is 25.3 Å². The molecule has 2 rings (SSSR count). The molecule has 9 heteroatoms. The van der Waals surface area contributed by atoms with Gasteiger partial charge in [0.1, 0.15) is 0 Å². The number of carbonyl (C=O) groups excluding carboxylic acids is 3. The van der Waals surface area contributed by atoms with Gasteiger partial charge in [-0.2, -0.15) is 0 Å². The molecule has 0 unspecified atom stereocenters. The summed E-state index contributed by atoms with van der Waals surface area (Å²) in [5.41, 5.74) is 0.00370. The first-order valence-electron chi connectivity index (χ1n) is 7.82. The van der Waals surface area contributed by atoms with E-state index in [0.29, 0.717) is 13.1 Å². The highest BCUT2D eigenvalue weighted by atomic mass is 35.5. The maximum atomic E-state index is 12.1. The van der Waals surface area contributed by atoms with Crippen molar-refractivity contribution in [1.29, 1.82) is 0 Å². The van der Waals surface area contributed by atoms with Gasteiger partial charge >= 0.3 is 11.8 Å². The van der Waals surface area contributed by atoms with Crippen LogP contribution in [-0.2, 0) is 9.59 Å². The van der Waals surface area contributed by atoms with E-state index in [-0.39, 0.29) is 29.7 Å². The molecule has 3 N–H and O–H groups in total. The first-order valence-corrected chi connectivity index (χ1v) is 8.20. The Kier molecular flexibility index (Phi) is 5.73. The molecule has 0 bridgehead atoms. The Hall–Kier alpha value is -2.48. The van der Waals surface area contributed by atoms with E-state index < -0.39 is 29.2 Å². The summed E-state index contributed by atoms with van der Waals surface area (Å²) in [6.45, 7) is 4.85. The van der Waals surface area contributed by atoms with Crippen molar-refractivity contribution in [2.75, 3.05) is 26.2 Å². The molecule has 136 valence electrons. The fourth-order valence-electron chi connectivity index (χ4n) is 2.53. The van der Waals surface area contributed by atoms with E-state index >= 15 is 0 Å². The second-order valence-electron chi connectivity index (χ2n) is 5.94. The lowest BCUT2D eigenvalue weighted by molar-refractivity contribution is -0.157. The Labute approximate surface area is 150 Å². The van der Waals surface area contributed by atoms with Crippen LogP contribution in [0.2, 0.25) is 5.02 Å². The van der Waals surface area contributed by atoms with E-state index in [9.17, 15) is 24.6 Å². The van der Waals surface area contributed by atoms with Crippen LogP contribution in [0.25, 0.3) is 0 Å². The second kappa shape index (κ2) is 7.60. The Morgan fingerprint density at radius 1 is 1.24 bits per heavy atom. The average Bonchev–Trinajstić information content (AvgIpc) is 2.56. The molecular formula is C16H20ClN3O5. The summed E-state index contributed by atoms with van der Waals surface area (Å²) < 4.78 is 0. The fourth-order valence-corrected chi connectivity index (χ4v) is 2.77. The number of rotatable bonds is 5. The molecule has 0 spiro atoms. The molecule has 25 heavy (non-hydrogen) atoms. The Morgan fingerprint density at radius 3 is 2.56 bits per heavy atom. The average molecular weight is 370 g/mol. The van der Waals surface area contributed by atoms with Gasteiger partial charge in [0, 0.05) is 32.2 Å². The van der Waals surface area contributed by atoms with Gasteiger partial charge in [-0.1, -0.05) is 11.6 Å². The van der Waals surface area contributed by atoms with Gasteiger partial charge in [-0.05, 0) is 26.0 Å². The monoisotopic (exact) mass is 369 g/mol. The zero-order chi connectivity index (χ0) is 18.7. The van der Waals surface area contributed by atoms with Crippen molar-refractivity contribution in [3.63, 3.8) is 0 Å². The highest BCUT2D eigenvalue weighted by Crippen LogP contribution is 2.35. The van der Waals surface area contributed by atoms with E-state index in [0.717, 1.165) is 6.07 Å². The predicted octanol–water partition coefficient (Wildman–Crippen LogP) is 0.560. The van der Waals surface area contributed by atoms with E-state index in [1.165, 1.54) is 15.9 Å². The summed E-state index contributed by atoms with van der Waals surface area (Å²) in [4.78, 5) is 39.0. The summed E-state index contributed by atoms with van der Waals surface area (Å²) in [6, 6.07) is 2.40. The normalized spacial score (nSPS) is 15.0. The quantitative estimate of drug-likeness (QED) is 0.519. The number of hydrogen-bond donors (Lipinski definition) is 3. The highest BCUT2D eigenvalue weighted by molar-refractivity contribution is 6.36. The number of amides is 3. The number of nitrogens with one attached hydrogen (secondary N) is 1. The van der Waals surface area contributed by atoms with Crippen molar-refractivity contribution in [2.45, 2.75) is 19.9 Å². The van der Waals surface area contributed by atoms with Crippen LogP contribution in [0.4, 0.5) is 0 Å². The molecule has 1 fully saturated rings. The third kappa shape index (κ3) is 3.96. The predicted molar refractivity (Wildman–Crippen MR) is 90.5 cm³/mol. The van der Waals surface area contributed by atoms with Crippen LogP contribution < -0.4 is 5.32 Å². The van der Waals surface area contributed by atoms with Gasteiger partial charge in [0.2, 0.25) is 0 Å². The van der Waals surface area contributed by atoms with Crippen molar-refractivity contribution >= 4 is 29.3 Å². The fraction of sp³-hybridized carbons (Fsp3) is 0.438. The topological polar surface area (TPSA) is 110 Å². The minimum Gasteiger partial charge on any atom is -0.504 e.